The Morgan fingerprint density at radius 1 is 1.18 bits per heavy atom. The molecule has 9 heteroatoms. The fraction of sp³-hybridized carbons (Fsp3) is 0.167. The fourth-order valence-corrected chi connectivity index (χ4v) is 5.27. The first kappa shape index (κ1) is 22.9. The van der Waals surface area contributed by atoms with Crippen molar-refractivity contribution in [1.82, 2.24) is 10.3 Å². The molecule has 0 spiro atoms. The van der Waals surface area contributed by atoms with Gasteiger partial charge in [0.2, 0.25) is 11.1 Å². The summed E-state index contributed by atoms with van der Waals surface area (Å²) in [6.07, 6.45) is 5.47. The van der Waals surface area contributed by atoms with Crippen LogP contribution in [0.4, 0.5) is 0 Å². The van der Waals surface area contributed by atoms with Crippen LogP contribution < -0.4 is 10.1 Å². The highest BCUT2D eigenvalue weighted by Gasteiger charge is 2.44. The molecule has 2 heterocycles. The molecule has 33 heavy (non-hydrogen) atoms. The minimum Gasteiger partial charge on any atom is -0.497 e. The van der Waals surface area contributed by atoms with Crippen LogP contribution in [0.3, 0.4) is 0 Å². The Morgan fingerprint density at radius 3 is 2.58 bits per heavy atom. The molecule has 2 aliphatic heterocycles. The van der Waals surface area contributed by atoms with Crippen molar-refractivity contribution in [2.45, 2.75) is 18.7 Å². The third-order valence-corrected chi connectivity index (χ3v) is 7.08. The number of carbonyl (C=O) groups is 2. The predicted molar refractivity (Wildman–Crippen MR) is 135 cm³/mol. The standard InChI is InChI=1S/C24H22N4O3S2/c1-16(29)28-24(2,18-9-5-4-6-10-18)33-23(27-28)26-22-25-21(30)20(32-22)11-7-8-17-12-14-19(31-3)15-13-17/h4-15H,1-3H3,(H,25,26,27,30)/b8-7+,20-11-. The topological polar surface area (TPSA) is 83.4 Å². The predicted octanol–water partition coefficient (Wildman–Crippen LogP) is 4.55. The van der Waals surface area contributed by atoms with E-state index in [0.717, 1.165) is 16.9 Å². The SMILES string of the molecule is COc1ccc(/C=C/C=C2\SC(=NC3=NN(C(C)=O)C(C)(c4ccccc4)S3)NC2=O)cc1. The van der Waals surface area contributed by atoms with Gasteiger partial charge in [0.15, 0.2) is 5.17 Å². The summed E-state index contributed by atoms with van der Waals surface area (Å²) in [5, 5.41) is 9.45. The Bertz CT molecular complexity index is 1190. The number of methoxy groups -OCH3 is 1. The van der Waals surface area contributed by atoms with Gasteiger partial charge in [-0.05, 0) is 59.8 Å². The average Bonchev–Trinajstić information content (AvgIpc) is 3.34. The Hall–Kier alpha value is -3.30. The van der Waals surface area contributed by atoms with Crippen LogP contribution in [0.5, 0.6) is 5.75 Å². The normalized spacial score (nSPS) is 22.8. The number of thioether (sulfide) groups is 2. The van der Waals surface area contributed by atoms with Crippen LogP contribution in [-0.4, -0.2) is 34.3 Å². The Morgan fingerprint density at radius 2 is 1.91 bits per heavy atom. The number of hydrogen-bond acceptors (Lipinski definition) is 7. The first-order chi connectivity index (χ1) is 15.9. The highest BCUT2D eigenvalue weighted by atomic mass is 32.2. The molecule has 0 radical (unpaired) electrons. The molecular weight excluding hydrogens is 456 g/mol. The first-order valence-corrected chi connectivity index (χ1v) is 11.8. The Kier molecular flexibility index (Phi) is 6.71. The van der Waals surface area contributed by atoms with Crippen molar-refractivity contribution < 1.29 is 14.3 Å². The molecule has 4 rings (SSSR count). The second-order valence-electron chi connectivity index (χ2n) is 7.30. The van der Waals surface area contributed by atoms with Gasteiger partial charge in [-0.2, -0.15) is 4.99 Å². The Balaban J connectivity index is 1.49. The lowest BCUT2D eigenvalue weighted by molar-refractivity contribution is -0.131. The van der Waals surface area contributed by atoms with Gasteiger partial charge in [-0.3, -0.25) is 9.59 Å². The molecule has 2 aromatic carbocycles. The van der Waals surface area contributed by atoms with E-state index in [1.165, 1.54) is 35.5 Å². The van der Waals surface area contributed by atoms with Crippen molar-refractivity contribution in [3.05, 3.63) is 82.8 Å². The summed E-state index contributed by atoms with van der Waals surface area (Å²) in [7, 11) is 1.62. The highest BCUT2D eigenvalue weighted by molar-refractivity contribution is 8.19. The number of nitrogens with zero attached hydrogens (tertiary/aromatic N) is 3. The molecule has 7 nitrogen and oxygen atoms in total. The third kappa shape index (κ3) is 5.04. The summed E-state index contributed by atoms with van der Waals surface area (Å²) in [5.41, 5.74) is 1.93. The van der Waals surface area contributed by atoms with E-state index >= 15 is 0 Å². The van der Waals surface area contributed by atoms with Gasteiger partial charge in [0, 0.05) is 6.92 Å². The van der Waals surface area contributed by atoms with E-state index in [0.29, 0.717) is 15.2 Å². The van der Waals surface area contributed by atoms with Crippen molar-refractivity contribution >= 4 is 51.7 Å². The largest absolute Gasteiger partial charge is 0.497 e. The van der Waals surface area contributed by atoms with Gasteiger partial charge in [-0.1, -0.05) is 54.6 Å². The number of benzene rings is 2. The first-order valence-electron chi connectivity index (χ1n) is 10.1. The van der Waals surface area contributed by atoms with Gasteiger partial charge in [0.05, 0.1) is 12.0 Å². The van der Waals surface area contributed by atoms with E-state index in [-0.39, 0.29) is 11.8 Å². The second-order valence-corrected chi connectivity index (χ2v) is 9.70. The lowest BCUT2D eigenvalue weighted by Gasteiger charge is -2.30. The maximum Gasteiger partial charge on any atom is 0.264 e. The van der Waals surface area contributed by atoms with E-state index < -0.39 is 4.87 Å². The molecule has 0 aromatic heterocycles. The smallest absolute Gasteiger partial charge is 0.264 e. The summed E-state index contributed by atoms with van der Waals surface area (Å²) < 4.78 is 5.15. The average molecular weight is 479 g/mol. The second kappa shape index (κ2) is 9.68. The van der Waals surface area contributed by atoms with Gasteiger partial charge in [-0.15, -0.1) is 5.10 Å². The maximum absolute atomic E-state index is 12.4. The molecule has 168 valence electrons. The molecule has 2 aromatic rings. The van der Waals surface area contributed by atoms with Crippen LogP contribution in [0, 0.1) is 0 Å². The monoisotopic (exact) mass is 478 g/mol. The summed E-state index contributed by atoms with van der Waals surface area (Å²) in [4.78, 5) is 28.9. The highest BCUT2D eigenvalue weighted by Crippen LogP contribution is 2.46. The number of allylic oxidation sites excluding steroid dienone is 2. The molecule has 0 aliphatic carbocycles. The lowest BCUT2D eigenvalue weighted by atomic mass is 10.1. The number of carbonyl (C=O) groups excluding carboxylic acids is 2. The molecule has 1 atom stereocenters. The molecular formula is C24H22N4O3S2. The number of aliphatic imine (C=N–C) groups is 1. The fourth-order valence-electron chi connectivity index (χ4n) is 3.31. The van der Waals surface area contributed by atoms with E-state index in [4.69, 9.17) is 4.74 Å². The summed E-state index contributed by atoms with van der Waals surface area (Å²) in [6.45, 7) is 3.41. The van der Waals surface area contributed by atoms with Crippen LogP contribution in [-0.2, 0) is 14.5 Å². The zero-order valence-electron chi connectivity index (χ0n) is 18.3. The van der Waals surface area contributed by atoms with Crippen molar-refractivity contribution in [1.29, 1.82) is 0 Å². The zero-order valence-corrected chi connectivity index (χ0v) is 19.9. The van der Waals surface area contributed by atoms with Crippen LogP contribution >= 0.6 is 23.5 Å². The van der Waals surface area contributed by atoms with Crippen molar-refractivity contribution in [3.63, 3.8) is 0 Å². The van der Waals surface area contributed by atoms with Gasteiger partial charge in [-0.25, -0.2) is 5.01 Å². The molecule has 1 unspecified atom stereocenters. The van der Waals surface area contributed by atoms with E-state index in [1.807, 2.05) is 73.7 Å². The molecule has 1 fully saturated rings. The number of nitrogens with one attached hydrogen (secondary N) is 1. The van der Waals surface area contributed by atoms with Crippen molar-refractivity contribution in [2.24, 2.45) is 10.1 Å². The van der Waals surface area contributed by atoms with Crippen LogP contribution in [0.1, 0.15) is 25.0 Å². The molecule has 1 saturated heterocycles. The molecule has 0 bridgehead atoms. The van der Waals surface area contributed by atoms with Gasteiger partial charge in [0.1, 0.15) is 10.6 Å². The zero-order chi connectivity index (χ0) is 23.4. The summed E-state index contributed by atoms with van der Waals surface area (Å²) in [6, 6.07) is 17.3. The Labute approximate surface area is 200 Å². The minimum atomic E-state index is -0.709. The number of hydrazone groups is 1. The molecule has 0 saturated carbocycles. The van der Waals surface area contributed by atoms with E-state index in [1.54, 1.807) is 13.2 Å². The molecule has 2 amide bonds. The molecule has 1 N–H and O–H groups in total. The van der Waals surface area contributed by atoms with Gasteiger partial charge < -0.3 is 10.1 Å². The van der Waals surface area contributed by atoms with Crippen LogP contribution in [0.25, 0.3) is 6.08 Å². The summed E-state index contributed by atoms with van der Waals surface area (Å²) in [5.74, 6) is 0.379. The number of amidine groups is 2. The number of hydrogen-bond donors (Lipinski definition) is 1. The van der Waals surface area contributed by atoms with E-state index in [2.05, 4.69) is 15.4 Å². The number of amides is 2. The van der Waals surface area contributed by atoms with Crippen LogP contribution in [0.15, 0.2) is 81.7 Å². The lowest BCUT2D eigenvalue weighted by Crippen LogP contribution is -2.37. The summed E-state index contributed by atoms with van der Waals surface area (Å²) >= 11 is 2.60. The maximum atomic E-state index is 12.4. The quantitative estimate of drug-likeness (QED) is 0.652. The van der Waals surface area contributed by atoms with Crippen LogP contribution in [0.2, 0.25) is 0 Å². The number of rotatable bonds is 4. The third-order valence-electron chi connectivity index (χ3n) is 4.99. The number of ether oxygens (including phenoxy) is 1. The minimum absolute atomic E-state index is 0.184. The van der Waals surface area contributed by atoms with Crippen molar-refractivity contribution in [2.75, 3.05) is 7.11 Å². The van der Waals surface area contributed by atoms with Crippen molar-refractivity contribution in [3.8, 4) is 5.75 Å². The van der Waals surface area contributed by atoms with E-state index in [9.17, 15) is 9.59 Å². The van der Waals surface area contributed by atoms with Gasteiger partial charge in [0.25, 0.3) is 5.91 Å². The van der Waals surface area contributed by atoms with Gasteiger partial charge >= 0.3 is 0 Å². The molecule has 2 aliphatic rings.